The van der Waals surface area contributed by atoms with Crippen molar-refractivity contribution in [3.8, 4) is 0 Å². The van der Waals surface area contributed by atoms with Gasteiger partial charge in [-0.1, -0.05) is 31.5 Å². The van der Waals surface area contributed by atoms with Gasteiger partial charge in [0.25, 0.3) is 0 Å². The van der Waals surface area contributed by atoms with Crippen LogP contribution in [0.4, 0.5) is 5.69 Å². The molecule has 17 heavy (non-hydrogen) atoms. The molecule has 0 aliphatic carbocycles. The summed E-state index contributed by atoms with van der Waals surface area (Å²) >= 11 is 0. The van der Waals surface area contributed by atoms with Crippen LogP contribution in [0.15, 0.2) is 30.3 Å². The van der Waals surface area contributed by atoms with E-state index in [0.29, 0.717) is 6.04 Å². The summed E-state index contributed by atoms with van der Waals surface area (Å²) in [5.74, 6) is 0. The van der Waals surface area contributed by atoms with Crippen molar-refractivity contribution in [2.45, 2.75) is 39.2 Å². The monoisotopic (exact) mass is 234 g/mol. The Morgan fingerprint density at radius 1 is 1.24 bits per heavy atom. The molecule has 0 saturated carbocycles. The van der Waals surface area contributed by atoms with Crippen molar-refractivity contribution in [2.24, 2.45) is 0 Å². The van der Waals surface area contributed by atoms with Gasteiger partial charge in [-0.25, -0.2) is 0 Å². The van der Waals surface area contributed by atoms with Crippen LogP contribution in [0, 0.1) is 0 Å². The van der Waals surface area contributed by atoms with E-state index in [0.717, 1.165) is 6.54 Å². The third kappa shape index (κ3) is 5.73. The summed E-state index contributed by atoms with van der Waals surface area (Å²) in [6.07, 6.45) is 3.76. The van der Waals surface area contributed by atoms with E-state index < -0.39 is 0 Å². The molecule has 0 spiro atoms. The van der Waals surface area contributed by atoms with Gasteiger partial charge in [0, 0.05) is 18.3 Å². The predicted octanol–water partition coefficient (Wildman–Crippen LogP) is 3.61. The predicted molar refractivity (Wildman–Crippen MR) is 76.5 cm³/mol. The number of rotatable bonds is 8. The fraction of sp³-hybridized carbons (Fsp3) is 0.600. The van der Waals surface area contributed by atoms with Gasteiger partial charge in [-0.15, -0.1) is 0 Å². The lowest BCUT2D eigenvalue weighted by molar-refractivity contribution is 0.244. The number of benzene rings is 1. The Bertz CT molecular complexity index is 284. The minimum absolute atomic E-state index is 0.705. The molecule has 96 valence electrons. The number of nitrogens with one attached hydrogen (secondary N) is 1. The Hall–Kier alpha value is -1.02. The van der Waals surface area contributed by atoms with E-state index in [1.165, 1.54) is 31.5 Å². The number of anilines is 1. The van der Waals surface area contributed by atoms with Crippen molar-refractivity contribution in [3.05, 3.63) is 30.3 Å². The third-order valence-electron chi connectivity index (χ3n) is 3.25. The van der Waals surface area contributed by atoms with Crippen molar-refractivity contribution in [1.29, 1.82) is 0 Å². The number of para-hydroxylation sites is 1. The molecule has 0 saturated heterocycles. The molecule has 0 aliphatic heterocycles. The highest BCUT2D eigenvalue weighted by Crippen LogP contribution is 2.06. The summed E-state index contributed by atoms with van der Waals surface area (Å²) in [5.41, 5.74) is 1.22. The van der Waals surface area contributed by atoms with Gasteiger partial charge in [-0.2, -0.15) is 0 Å². The maximum Gasteiger partial charge on any atom is 0.0340 e. The Kier molecular flexibility index (Phi) is 6.71. The summed E-state index contributed by atoms with van der Waals surface area (Å²) in [6.45, 7) is 6.78. The highest BCUT2D eigenvalue weighted by molar-refractivity contribution is 5.42. The maximum atomic E-state index is 3.44. The van der Waals surface area contributed by atoms with Crippen LogP contribution in [0.2, 0.25) is 0 Å². The van der Waals surface area contributed by atoms with E-state index in [1.54, 1.807) is 0 Å². The quantitative estimate of drug-likeness (QED) is 0.691. The normalized spacial score (nSPS) is 12.7. The van der Waals surface area contributed by atoms with Gasteiger partial charge < -0.3 is 10.2 Å². The molecule has 0 bridgehead atoms. The van der Waals surface area contributed by atoms with E-state index in [4.69, 9.17) is 0 Å². The van der Waals surface area contributed by atoms with Crippen LogP contribution in [0.25, 0.3) is 0 Å². The van der Waals surface area contributed by atoms with Gasteiger partial charge in [0.05, 0.1) is 0 Å². The average Bonchev–Trinajstić information content (AvgIpc) is 2.36. The van der Waals surface area contributed by atoms with Gasteiger partial charge in [-0.3, -0.25) is 0 Å². The van der Waals surface area contributed by atoms with Crippen molar-refractivity contribution in [3.63, 3.8) is 0 Å². The molecule has 1 N–H and O–H groups in total. The second-order valence-corrected chi connectivity index (χ2v) is 4.76. The molecular formula is C15H26N2. The zero-order chi connectivity index (χ0) is 12.5. The molecule has 0 aliphatic rings. The molecule has 2 heteroatoms. The van der Waals surface area contributed by atoms with Crippen LogP contribution in [-0.2, 0) is 0 Å². The van der Waals surface area contributed by atoms with Crippen molar-refractivity contribution < 1.29 is 0 Å². The van der Waals surface area contributed by atoms with E-state index in [1.807, 2.05) is 6.07 Å². The van der Waals surface area contributed by atoms with Gasteiger partial charge in [-0.05, 0) is 45.5 Å². The molecular weight excluding hydrogens is 208 g/mol. The molecule has 1 rings (SSSR count). The third-order valence-corrected chi connectivity index (χ3v) is 3.25. The molecule has 1 atom stereocenters. The number of hydrogen-bond acceptors (Lipinski definition) is 2. The minimum Gasteiger partial charge on any atom is -0.385 e. The summed E-state index contributed by atoms with van der Waals surface area (Å²) in [6, 6.07) is 11.1. The SMILES string of the molecule is CCCC(C)N(C)CCCNc1ccccc1. The first-order chi connectivity index (χ1) is 8.24. The number of nitrogens with zero attached hydrogens (tertiary/aromatic N) is 1. The van der Waals surface area contributed by atoms with E-state index in [-0.39, 0.29) is 0 Å². The molecule has 1 aromatic carbocycles. The number of hydrogen-bond donors (Lipinski definition) is 1. The Balaban J connectivity index is 2.12. The fourth-order valence-corrected chi connectivity index (χ4v) is 1.98. The standard InChI is InChI=1S/C15H26N2/c1-4-9-14(2)17(3)13-8-12-16-15-10-6-5-7-11-15/h5-7,10-11,14,16H,4,8-9,12-13H2,1-3H3. The van der Waals surface area contributed by atoms with Crippen LogP contribution in [0.5, 0.6) is 0 Å². The Morgan fingerprint density at radius 2 is 1.94 bits per heavy atom. The molecule has 0 radical (unpaired) electrons. The van der Waals surface area contributed by atoms with Gasteiger partial charge in [0.2, 0.25) is 0 Å². The van der Waals surface area contributed by atoms with Crippen LogP contribution < -0.4 is 5.32 Å². The van der Waals surface area contributed by atoms with Crippen LogP contribution in [0.1, 0.15) is 33.1 Å². The van der Waals surface area contributed by atoms with E-state index in [9.17, 15) is 0 Å². The lowest BCUT2D eigenvalue weighted by atomic mass is 10.1. The summed E-state index contributed by atoms with van der Waals surface area (Å²) in [7, 11) is 2.23. The smallest absolute Gasteiger partial charge is 0.0340 e. The first-order valence-corrected chi connectivity index (χ1v) is 6.73. The largest absolute Gasteiger partial charge is 0.385 e. The first-order valence-electron chi connectivity index (χ1n) is 6.73. The van der Waals surface area contributed by atoms with Crippen LogP contribution >= 0.6 is 0 Å². The van der Waals surface area contributed by atoms with E-state index in [2.05, 4.69) is 55.4 Å². The zero-order valence-corrected chi connectivity index (χ0v) is 11.4. The molecule has 0 aromatic heterocycles. The fourth-order valence-electron chi connectivity index (χ4n) is 1.98. The summed E-state index contributed by atoms with van der Waals surface area (Å²) in [5, 5.41) is 3.44. The van der Waals surface area contributed by atoms with Gasteiger partial charge >= 0.3 is 0 Å². The second kappa shape index (κ2) is 8.13. The van der Waals surface area contributed by atoms with Crippen LogP contribution in [-0.4, -0.2) is 31.1 Å². The molecule has 1 aromatic rings. The lowest BCUT2D eigenvalue weighted by Crippen LogP contribution is -2.30. The van der Waals surface area contributed by atoms with Crippen molar-refractivity contribution in [1.82, 2.24) is 4.90 Å². The Morgan fingerprint density at radius 3 is 2.59 bits per heavy atom. The van der Waals surface area contributed by atoms with Crippen LogP contribution in [0.3, 0.4) is 0 Å². The van der Waals surface area contributed by atoms with Gasteiger partial charge in [0.15, 0.2) is 0 Å². The minimum atomic E-state index is 0.705. The molecule has 1 unspecified atom stereocenters. The highest BCUT2D eigenvalue weighted by atomic mass is 15.1. The molecule has 0 amide bonds. The Labute approximate surface area is 106 Å². The molecule has 0 heterocycles. The molecule has 0 fully saturated rings. The zero-order valence-electron chi connectivity index (χ0n) is 11.4. The van der Waals surface area contributed by atoms with Crippen molar-refractivity contribution in [2.75, 3.05) is 25.5 Å². The maximum absolute atomic E-state index is 3.44. The summed E-state index contributed by atoms with van der Waals surface area (Å²) < 4.78 is 0. The second-order valence-electron chi connectivity index (χ2n) is 4.76. The van der Waals surface area contributed by atoms with Crippen molar-refractivity contribution >= 4 is 5.69 Å². The average molecular weight is 234 g/mol. The highest BCUT2D eigenvalue weighted by Gasteiger charge is 2.06. The van der Waals surface area contributed by atoms with Gasteiger partial charge in [0.1, 0.15) is 0 Å². The molecule has 2 nitrogen and oxygen atoms in total. The topological polar surface area (TPSA) is 15.3 Å². The first kappa shape index (κ1) is 14.0. The summed E-state index contributed by atoms with van der Waals surface area (Å²) in [4.78, 5) is 2.45. The lowest BCUT2D eigenvalue weighted by Gasteiger charge is -2.24. The van der Waals surface area contributed by atoms with E-state index >= 15 is 0 Å².